The van der Waals surface area contributed by atoms with Crippen LogP contribution in [-0.2, 0) is 9.53 Å². The van der Waals surface area contributed by atoms with Crippen LogP contribution < -0.4 is 5.73 Å². The molecule has 1 aromatic rings. The Morgan fingerprint density at radius 1 is 1.47 bits per heavy atom. The van der Waals surface area contributed by atoms with Gasteiger partial charge in [-0.05, 0) is 47.2 Å². The van der Waals surface area contributed by atoms with Crippen molar-refractivity contribution in [2.75, 3.05) is 6.61 Å². The van der Waals surface area contributed by atoms with E-state index in [1.807, 2.05) is 12.1 Å². The smallest absolute Gasteiger partial charge is 0.342 e. The van der Waals surface area contributed by atoms with Crippen LogP contribution in [0.4, 0.5) is 4.39 Å². The second kappa shape index (κ2) is 7.84. The zero-order valence-corrected chi connectivity index (χ0v) is 12.2. The van der Waals surface area contributed by atoms with Gasteiger partial charge in [0.15, 0.2) is 0 Å². The summed E-state index contributed by atoms with van der Waals surface area (Å²) in [4.78, 5) is 11.1. The molecule has 2 N–H and O–H groups in total. The summed E-state index contributed by atoms with van der Waals surface area (Å²) in [6, 6.07) is 6.06. The molecule has 0 aliphatic carbocycles. The molecule has 17 heavy (non-hydrogen) atoms. The molecule has 6 heteroatoms. The molecule has 0 saturated carbocycles. The zero-order chi connectivity index (χ0) is 12.1. The predicted molar refractivity (Wildman–Crippen MR) is 74.9 cm³/mol. The SMILES string of the molecule is CCOC(=O)C(F)[C@H](N)c1ccc(I)cc1.Cl. The van der Waals surface area contributed by atoms with E-state index >= 15 is 0 Å². The molecule has 0 spiro atoms. The molecule has 0 aromatic heterocycles. The molecule has 0 heterocycles. The number of halogens is 3. The third kappa shape index (κ3) is 4.77. The van der Waals surface area contributed by atoms with E-state index in [-0.39, 0.29) is 19.0 Å². The van der Waals surface area contributed by atoms with Crippen molar-refractivity contribution in [1.29, 1.82) is 0 Å². The van der Waals surface area contributed by atoms with Crippen LogP contribution in [0.5, 0.6) is 0 Å². The first kappa shape index (κ1) is 16.6. The number of nitrogens with two attached hydrogens (primary N) is 1. The monoisotopic (exact) mass is 373 g/mol. The fraction of sp³-hybridized carbons (Fsp3) is 0.364. The van der Waals surface area contributed by atoms with Crippen molar-refractivity contribution < 1.29 is 13.9 Å². The van der Waals surface area contributed by atoms with Gasteiger partial charge in [-0.25, -0.2) is 9.18 Å². The van der Waals surface area contributed by atoms with Gasteiger partial charge >= 0.3 is 5.97 Å². The third-order valence-electron chi connectivity index (χ3n) is 2.08. The minimum absolute atomic E-state index is 0. The highest BCUT2D eigenvalue weighted by molar-refractivity contribution is 14.1. The number of hydrogen-bond donors (Lipinski definition) is 1. The highest BCUT2D eigenvalue weighted by atomic mass is 127. The summed E-state index contributed by atoms with van der Waals surface area (Å²) in [5.74, 6) is -0.909. The molecular weight excluding hydrogens is 359 g/mol. The molecule has 2 atom stereocenters. The molecule has 0 bridgehead atoms. The number of benzene rings is 1. The highest BCUT2D eigenvalue weighted by Gasteiger charge is 2.27. The lowest BCUT2D eigenvalue weighted by Gasteiger charge is -2.15. The Balaban J connectivity index is 0.00000256. The normalized spacial score (nSPS) is 13.4. The van der Waals surface area contributed by atoms with Gasteiger partial charge < -0.3 is 10.5 Å². The molecule has 1 unspecified atom stereocenters. The van der Waals surface area contributed by atoms with E-state index in [2.05, 4.69) is 27.3 Å². The van der Waals surface area contributed by atoms with E-state index in [4.69, 9.17) is 5.73 Å². The van der Waals surface area contributed by atoms with Crippen LogP contribution in [0.3, 0.4) is 0 Å². The minimum atomic E-state index is -1.82. The van der Waals surface area contributed by atoms with E-state index in [0.29, 0.717) is 5.56 Å². The number of alkyl halides is 1. The Morgan fingerprint density at radius 3 is 2.47 bits per heavy atom. The van der Waals surface area contributed by atoms with Gasteiger partial charge in [-0.15, -0.1) is 12.4 Å². The van der Waals surface area contributed by atoms with Crippen LogP contribution >= 0.6 is 35.0 Å². The molecule has 0 amide bonds. The van der Waals surface area contributed by atoms with Crippen molar-refractivity contribution in [2.24, 2.45) is 5.73 Å². The first-order chi connectivity index (χ1) is 7.56. The van der Waals surface area contributed by atoms with Gasteiger partial charge in [0, 0.05) is 3.57 Å². The van der Waals surface area contributed by atoms with Crippen LogP contribution in [0.1, 0.15) is 18.5 Å². The number of ether oxygens (including phenoxy) is 1. The van der Waals surface area contributed by atoms with Gasteiger partial charge in [-0.2, -0.15) is 0 Å². The molecule has 0 fully saturated rings. The summed E-state index contributed by atoms with van der Waals surface area (Å²) in [5, 5.41) is 0. The first-order valence-corrected chi connectivity index (χ1v) is 5.96. The lowest BCUT2D eigenvalue weighted by molar-refractivity contribution is -0.149. The lowest BCUT2D eigenvalue weighted by Crippen LogP contribution is -2.31. The maximum Gasteiger partial charge on any atom is 0.342 e. The number of rotatable bonds is 4. The molecule has 0 aliphatic rings. The van der Waals surface area contributed by atoms with Crippen molar-refractivity contribution in [1.82, 2.24) is 0 Å². The van der Waals surface area contributed by atoms with Crippen LogP contribution in [0.25, 0.3) is 0 Å². The summed E-state index contributed by atoms with van der Waals surface area (Å²) in [7, 11) is 0. The van der Waals surface area contributed by atoms with Crippen molar-refractivity contribution in [3.63, 3.8) is 0 Å². The van der Waals surface area contributed by atoms with Gasteiger partial charge in [0.2, 0.25) is 6.17 Å². The summed E-state index contributed by atoms with van der Waals surface area (Å²) in [5.41, 5.74) is 6.23. The van der Waals surface area contributed by atoms with E-state index in [1.165, 1.54) is 0 Å². The Labute approximate surface area is 119 Å². The maximum absolute atomic E-state index is 13.6. The van der Waals surface area contributed by atoms with Crippen LogP contribution in [0.15, 0.2) is 24.3 Å². The van der Waals surface area contributed by atoms with E-state index in [0.717, 1.165) is 3.57 Å². The first-order valence-electron chi connectivity index (χ1n) is 4.88. The van der Waals surface area contributed by atoms with Gasteiger partial charge in [-0.1, -0.05) is 12.1 Å². The summed E-state index contributed by atoms with van der Waals surface area (Å²) < 4.78 is 19.2. The molecule has 0 saturated heterocycles. The second-order valence-corrected chi connectivity index (χ2v) is 4.48. The molecule has 0 aliphatic heterocycles. The highest BCUT2D eigenvalue weighted by Crippen LogP contribution is 2.19. The largest absolute Gasteiger partial charge is 0.464 e. The Morgan fingerprint density at radius 2 is 2.00 bits per heavy atom. The fourth-order valence-corrected chi connectivity index (χ4v) is 1.58. The number of esters is 1. The fourth-order valence-electron chi connectivity index (χ4n) is 1.22. The van der Waals surface area contributed by atoms with Crippen LogP contribution in [0, 0.1) is 3.57 Å². The number of hydrogen-bond acceptors (Lipinski definition) is 3. The van der Waals surface area contributed by atoms with Crippen LogP contribution in [-0.4, -0.2) is 18.7 Å². The van der Waals surface area contributed by atoms with E-state index in [1.54, 1.807) is 19.1 Å². The molecule has 1 aromatic carbocycles. The minimum Gasteiger partial charge on any atom is -0.464 e. The molecule has 3 nitrogen and oxygen atoms in total. The Hall–Kier alpha value is -0.400. The van der Waals surface area contributed by atoms with Gasteiger partial charge in [0.05, 0.1) is 12.6 Å². The summed E-state index contributed by atoms with van der Waals surface area (Å²) >= 11 is 2.14. The maximum atomic E-state index is 13.6. The van der Waals surface area contributed by atoms with Gasteiger partial charge in [-0.3, -0.25) is 0 Å². The average molecular weight is 374 g/mol. The average Bonchev–Trinajstić information content (AvgIpc) is 2.28. The van der Waals surface area contributed by atoms with Crippen molar-refractivity contribution >= 4 is 41.0 Å². The van der Waals surface area contributed by atoms with Gasteiger partial charge in [0.1, 0.15) is 0 Å². The van der Waals surface area contributed by atoms with Crippen molar-refractivity contribution in [3.8, 4) is 0 Å². The standard InChI is InChI=1S/C11H13FINO2.ClH/c1-2-16-11(15)9(12)10(14)7-3-5-8(13)6-4-7;/h3-6,9-10H,2,14H2,1H3;1H/t9?,10-;/m1./s1. The second-order valence-electron chi connectivity index (χ2n) is 3.23. The Bertz CT molecular complexity index is 361. The van der Waals surface area contributed by atoms with Crippen molar-refractivity contribution in [3.05, 3.63) is 33.4 Å². The summed E-state index contributed by atoms with van der Waals surface area (Å²) in [6.45, 7) is 1.78. The zero-order valence-electron chi connectivity index (χ0n) is 9.23. The van der Waals surface area contributed by atoms with Crippen LogP contribution in [0.2, 0.25) is 0 Å². The van der Waals surface area contributed by atoms with Crippen molar-refractivity contribution in [2.45, 2.75) is 19.1 Å². The lowest BCUT2D eigenvalue weighted by atomic mass is 10.0. The quantitative estimate of drug-likeness (QED) is 0.652. The number of carbonyl (C=O) groups is 1. The number of carbonyl (C=O) groups excluding carboxylic acids is 1. The third-order valence-corrected chi connectivity index (χ3v) is 2.80. The topological polar surface area (TPSA) is 52.3 Å². The molecule has 1 rings (SSSR count). The predicted octanol–water partition coefficient (Wildman–Crippen LogP) is 2.61. The Kier molecular flexibility index (Phi) is 7.65. The summed E-state index contributed by atoms with van der Waals surface area (Å²) in [6.07, 6.45) is -1.82. The van der Waals surface area contributed by atoms with E-state index < -0.39 is 18.2 Å². The van der Waals surface area contributed by atoms with Gasteiger partial charge in [0.25, 0.3) is 0 Å². The molecule has 0 radical (unpaired) electrons. The molecular formula is C11H14ClFINO2. The van der Waals surface area contributed by atoms with E-state index in [9.17, 15) is 9.18 Å². The molecule has 96 valence electrons.